The second kappa shape index (κ2) is 5.08. The van der Waals surface area contributed by atoms with Gasteiger partial charge in [-0.2, -0.15) is 8.42 Å². The fourth-order valence-electron chi connectivity index (χ4n) is 0.639. The molecule has 0 aromatic carbocycles. The maximum atomic E-state index is 10.7. The lowest BCUT2D eigenvalue weighted by molar-refractivity contribution is -0.167. The lowest BCUT2D eigenvalue weighted by atomic mass is 10.4. The molecule has 0 saturated carbocycles. The quantitative estimate of drug-likeness (QED) is 0.305. The van der Waals surface area contributed by atoms with Crippen LogP contribution in [0, 0.1) is 0 Å². The van der Waals surface area contributed by atoms with Crippen LogP contribution in [0.25, 0.3) is 0 Å². The smallest absolute Gasteiger partial charge is 0.332 e. The van der Waals surface area contributed by atoms with Gasteiger partial charge in [0, 0.05) is 13.2 Å². The molecule has 0 aliphatic carbocycles. The van der Waals surface area contributed by atoms with E-state index >= 15 is 0 Å². The molecule has 0 aromatic heterocycles. The Bertz CT molecular complexity index is 306. The molecule has 1 N–H and O–H groups in total. The molecule has 2 atom stereocenters. The molecule has 2 unspecified atom stereocenters. The zero-order chi connectivity index (χ0) is 11.4. The van der Waals surface area contributed by atoms with Crippen LogP contribution in [0.15, 0.2) is 12.7 Å². The van der Waals surface area contributed by atoms with Crippen molar-refractivity contribution in [3.8, 4) is 0 Å². The summed E-state index contributed by atoms with van der Waals surface area (Å²) in [5.41, 5.74) is 0. The van der Waals surface area contributed by atoms with Crippen molar-refractivity contribution in [1.29, 1.82) is 0 Å². The second-order valence-electron chi connectivity index (χ2n) is 2.47. The maximum Gasteiger partial charge on any atom is 0.332 e. The first-order valence-corrected chi connectivity index (χ1v) is 5.15. The van der Waals surface area contributed by atoms with Gasteiger partial charge in [-0.25, -0.2) is 4.79 Å². The summed E-state index contributed by atoms with van der Waals surface area (Å²) in [7, 11) is -3.15. The van der Waals surface area contributed by atoms with Gasteiger partial charge in [-0.3, -0.25) is 4.55 Å². The Kier molecular flexibility index (Phi) is 4.75. The number of carbonyl (C=O) groups excluding carboxylic acids is 1. The molecule has 0 rings (SSSR count). The van der Waals surface area contributed by atoms with Crippen molar-refractivity contribution in [1.82, 2.24) is 0 Å². The Labute approximate surface area is 82.3 Å². The van der Waals surface area contributed by atoms with Crippen molar-refractivity contribution in [3.63, 3.8) is 0 Å². The average molecular weight is 224 g/mol. The Hall–Kier alpha value is -0.920. The molecular weight excluding hydrogens is 212 g/mol. The molecule has 0 aliphatic heterocycles. The largest absolute Gasteiger partial charge is 0.431 e. The highest BCUT2D eigenvalue weighted by atomic mass is 32.2. The van der Waals surface area contributed by atoms with Crippen molar-refractivity contribution < 1.29 is 27.2 Å². The molecule has 0 amide bonds. The van der Waals surface area contributed by atoms with Crippen molar-refractivity contribution >= 4 is 16.1 Å². The van der Waals surface area contributed by atoms with E-state index in [1.807, 2.05) is 0 Å². The van der Waals surface area contributed by atoms with Gasteiger partial charge in [0.25, 0.3) is 10.1 Å². The first kappa shape index (κ1) is 13.1. The van der Waals surface area contributed by atoms with Crippen molar-refractivity contribution in [3.05, 3.63) is 12.7 Å². The van der Waals surface area contributed by atoms with E-state index in [9.17, 15) is 13.2 Å². The fraction of sp³-hybridized carbons (Fsp3) is 0.571. The van der Waals surface area contributed by atoms with Crippen LogP contribution in [0.3, 0.4) is 0 Å². The highest BCUT2D eigenvalue weighted by molar-refractivity contribution is 7.86. The molecular formula is C7H12O6S. The van der Waals surface area contributed by atoms with Gasteiger partial charge in [-0.1, -0.05) is 6.58 Å². The monoisotopic (exact) mass is 224 g/mol. The molecule has 6 nitrogen and oxygen atoms in total. The molecule has 7 heteroatoms. The third-order valence-corrected chi connectivity index (χ3v) is 2.65. The highest BCUT2D eigenvalue weighted by Crippen LogP contribution is 2.09. The molecule has 0 spiro atoms. The average Bonchev–Trinajstić information content (AvgIpc) is 2.11. The Morgan fingerprint density at radius 3 is 2.36 bits per heavy atom. The number of rotatable bonds is 5. The van der Waals surface area contributed by atoms with Crippen molar-refractivity contribution in [2.45, 2.75) is 18.5 Å². The first-order chi connectivity index (χ1) is 6.32. The highest BCUT2D eigenvalue weighted by Gasteiger charge is 2.30. The van der Waals surface area contributed by atoms with Gasteiger partial charge in [-0.05, 0) is 6.92 Å². The summed E-state index contributed by atoms with van der Waals surface area (Å²) in [6, 6.07) is 0. The summed E-state index contributed by atoms with van der Waals surface area (Å²) < 4.78 is 39.1. The van der Waals surface area contributed by atoms with Gasteiger partial charge in [0.05, 0.1) is 0 Å². The molecule has 0 fully saturated rings. The minimum Gasteiger partial charge on any atom is -0.431 e. The first-order valence-electron chi connectivity index (χ1n) is 3.65. The lowest BCUT2D eigenvalue weighted by Gasteiger charge is -2.19. The summed E-state index contributed by atoms with van der Waals surface area (Å²) in [6.07, 6.45) is -0.488. The number of carbonyl (C=O) groups is 1. The number of hydrogen-bond acceptors (Lipinski definition) is 5. The molecule has 0 aromatic rings. The molecule has 0 heterocycles. The van der Waals surface area contributed by atoms with Gasteiger partial charge in [-0.15, -0.1) is 0 Å². The summed E-state index contributed by atoms with van der Waals surface area (Å²) in [4.78, 5) is 10.7. The van der Waals surface area contributed by atoms with Crippen molar-refractivity contribution in [2.75, 3.05) is 7.11 Å². The zero-order valence-electron chi connectivity index (χ0n) is 7.84. The molecule has 0 bridgehead atoms. The van der Waals surface area contributed by atoms with E-state index < -0.39 is 27.6 Å². The van der Waals surface area contributed by atoms with Gasteiger partial charge >= 0.3 is 5.97 Å². The fourth-order valence-corrected chi connectivity index (χ4v) is 1.09. The van der Waals surface area contributed by atoms with Gasteiger partial charge < -0.3 is 9.47 Å². The van der Waals surface area contributed by atoms with E-state index in [0.29, 0.717) is 0 Å². The number of ether oxygens (including phenoxy) is 2. The van der Waals surface area contributed by atoms with Gasteiger partial charge in [0.1, 0.15) is 5.25 Å². The third-order valence-electron chi connectivity index (χ3n) is 1.48. The minimum absolute atomic E-state index is 0.827. The van der Waals surface area contributed by atoms with E-state index in [4.69, 9.17) is 4.55 Å². The number of methoxy groups -OCH3 is 1. The van der Waals surface area contributed by atoms with Crippen molar-refractivity contribution in [2.24, 2.45) is 0 Å². The van der Waals surface area contributed by atoms with Crippen LogP contribution in [0.5, 0.6) is 0 Å². The second-order valence-corrected chi connectivity index (χ2v) is 4.24. The van der Waals surface area contributed by atoms with Gasteiger partial charge in [0.2, 0.25) is 6.29 Å². The minimum atomic E-state index is -4.30. The zero-order valence-corrected chi connectivity index (χ0v) is 8.65. The van der Waals surface area contributed by atoms with E-state index in [-0.39, 0.29) is 0 Å². The predicted octanol–water partition coefficient (Wildman–Crippen LogP) is -0.0356. The topological polar surface area (TPSA) is 89.9 Å². The summed E-state index contributed by atoms with van der Waals surface area (Å²) in [5.74, 6) is -0.827. The van der Waals surface area contributed by atoms with Crippen LogP contribution in [-0.2, 0) is 24.4 Å². The normalized spacial score (nSPS) is 15.6. The van der Waals surface area contributed by atoms with E-state index in [2.05, 4.69) is 16.1 Å². The van der Waals surface area contributed by atoms with E-state index in [1.165, 1.54) is 0 Å². The van der Waals surface area contributed by atoms with Crippen LogP contribution in [0.4, 0.5) is 0 Å². The van der Waals surface area contributed by atoms with Crippen LogP contribution >= 0.6 is 0 Å². The van der Waals surface area contributed by atoms with Gasteiger partial charge in [0.15, 0.2) is 0 Å². The molecule has 0 aliphatic rings. The van der Waals surface area contributed by atoms with Crippen LogP contribution in [-0.4, -0.2) is 37.6 Å². The third kappa shape index (κ3) is 3.86. The standard InChI is InChI=1S/C7H12O6S/c1-4-6(8)13-7(12-3)5(2)14(9,10)11/h4-5,7H,1H2,2-3H3,(H,9,10,11). The van der Waals surface area contributed by atoms with Crippen LogP contribution in [0.1, 0.15) is 6.92 Å². The van der Waals surface area contributed by atoms with E-state index in [0.717, 1.165) is 20.1 Å². The molecule has 82 valence electrons. The Balaban J connectivity index is 4.57. The molecule has 0 saturated heterocycles. The number of hydrogen-bond donors (Lipinski definition) is 1. The van der Waals surface area contributed by atoms with Crippen LogP contribution in [0.2, 0.25) is 0 Å². The molecule has 14 heavy (non-hydrogen) atoms. The Morgan fingerprint density at radius 2 is 2.07 bits per heavy atom. The lowest BCUT2D eigenvalue weighted by Crippen LogP contribution is -2.36. The number of esters is 1. The maximum absolute atomic E-state index is 10.7. The predicted molar refractivity (Wildman–Crippen MR) is 48.1 cm³/mol. The summed E-state index contributed by atoms with van der Waals surface area (Å²) >= 11 is 0. The SMILES string of the molecule is C=CC(=O)OC(OC)C(C)S(=O)(=O)O. The summed E-state index contributed by atoms with van der Waals surface area (Å²) in [6.45, 7) is 4.28. The van der Waals surface area contributed by atoms with Crippen LogP contribution < -0.4 is 0 Å². The Morgan fingerprint density at radius 1 is 1.57 bits per heavy atom. The molecule has 0 radical (unpaired) electrons. The summed E-state index contributed by atoms with van der Waals surface area (Å²) in [5, 5.41) is -1.35. The van der Waals surface area contributed by atoms with E-state index in [1.54, 1.807) is 0 Å².